The third kappa shape index (κ3) is 4.60. The molecule has 3 nitrogen and oxygen atoms in total. The summed E-state index contributed by atoms with van der Waals surface area (Å²) in [5.74, 6) is -0.302. The average Bonchev–Trinajstić information content (AvgIpc) is 2.47. The van der Waals surface area contributed by atoms with Gasteiger partial charge in [0.25, 0.3) is 0 Å². The Balaban J connectivity index is 1.83. The van der Waals surface area contributed by atoms with Crippen LogP contribution in [0.15, 0.2) is 48.5 Å². The lowest BCUT2D eigenvalue weighted by molar-refractivity contribution is -0.121. The van der Waals surface area contributed by atoms with Gasteiger partial charge in [-0.15, -0.1) is 0 Å². The van der Waals surface area contributed by atoms with Gasteiger partial charge in [0, 0.05) is 12.1 Å². The molecule has 1 atom stereocenters. The van der Waals surface area contributed by atoms with E-state index < -0.39 is 0 Å². The minimum atomic E-state index is -0.277. The smallest absolute Gasteiger partial charge is 0.220 e. The molecule has 4 heteroatoms. The number of nitrogens with one attached hydrogen (secondary N) is 1. The number of hydrogen-bond acceptors (Lipinski definition) is 2. The van der Waals surface area contributed by atoms with Gasteiger partial charge in [0.15, 0.2) is 0 Å². The van der Waals surface area contributed by atoms with Gasteiger partial charge >= 0.3 is 0 Å². The predicted molar refractivity (Wildman–Crippen MR) is 82.1 cm³/mol. The van der Waals surface area contributed by atoms with E-state index in [1.54, 1.807) is 12.1 Å². The van der Waals surface area contributed by atoms with E-state index in [1.807, 2.05) is 31.2 Å². The first-order valence-electron chi connectivity index (χ1n) is 6.94. The molecule has 0 heterocycles. The predicted octanol–water partition coefficient (Wildman–Crippen LogP) is 3.22. The highest BCUT2D eigenvalue weighted by Crippen LogP contribution is 2.13. The summed E-state index contributed by atoms with van der Waals surface area (Å²) in [4.78, 5) is 11.9. The van der Waals surface area contributed by atoms with Crippen molar-refractivity contribution in [2.75, 3.05) is 5.73 Å². The highest BCUT2D eigenvalue weighted by Gasteiger charge is 2.09. The Hall–Kier alpha value is -2.36. The molecule has 2 aromatic carbocycles. The van der Waals surface area contributed by atoms with Gasteiger partial charge in [-0.05, 0) is 48.7 Å². The fourth-order valence-electron chi connectivity index (χ4n) is 2.09. The van der Waals surface area contributed by atoms with E-state index in [4.69, 9.17) is 5.73 Å². The Morgan fingerprint density at radius 2 is 1.76 bits per heavy atom. The van der Waals surface area contributed by atoms with Crippen molar-refractivity contribution in [2.24, 2.45) is 0 Å². The lowest BCUT2D eigenvalue weighted by Gasteiger charge is -2.14. The van der Waals surface area contributed by atoms with Gasteiger partial charge in [0.2, 0.25) is 5.91 Å². The first-order valence-corrected chi connectivity index (χ1v) is 6.94. The first-order chi connectivity index (χ1) is 10.0. The minimum absolute atomic E-state index is 0.0244. The molecule has 3 N–H and O–H groups in total. The van der Waals surface area contributed by atoms with Crippen molar-refractivity contribution in [1.29, 1.82) is 0 Å². The van der Waals surface area contributed by atoms with Crippen LogP contribution in [0.4, 0.5) is 10.1 Å². The molecular formula is C17H19FN2O. The monoisotopic (exact) mass is 286 g/mol. The number of nitrogens with two attached hydrogens (primary N) is 1. The van der Waals surface area contributed by atoms with E-state index in [0.717, 1.165) is 11.1 Å². The lowest BCUT2D eigenvalue weighted by Crippen LogP contribution is -2.26. The quantitative estimate of drug-likeness (QED) is 0.829. The van der Waals surface area contributed by atoms with Gasteiger partial charge in [-0.3, -0.25) is 4.79 Å². The highest BCUT2D eigenvalue weighted by molar-refractivity contribution is 5.76. The van der Waals surface area contributed by atoms with Gasteiger partial charge in [-0.1, -0.05) is 24.3 Å². The molecule has 0 saturated carbocycles. The second-order valence-electron chi connectivity index (χ2n) is 5.08. The van der Waals surface area contributed by atoms with Gasteiger partial charge in [-0.2, -0.15) is 0 Å². The summed E-state index contributed by atoms with van der Waals surface area (Å²) in [6.45, 7) is 1.88. The van der Waals surface area contributed by atoms with Crippen molar-refractivity contribution in [3.05, 3.63) is 65.5 Å². The molecule has 0 aromatic heterocycles. The second-order valence-corrected chi connectivity index (χ2v) is 5.08. The molecule has 0 bridgehead atoms. The fraction of sp³-hybridized carbons (Fsp3) is 0.235. The third-order valence-corrected chi connectivity index (χ3v) is 3.37. The Labute approximate surface area is 124 Å². The van der Waals surface area contributed by atoms with E-state index in [0.29, 0.717) is 18.5 Å². The molecule has 2 rings (SSSR count). The normalized spacial score (nSPS) is 11.9. The Morgan fingerprint density at radius 1 is 1.14 bits per heavy atom. The zero-order chi connectivity index (χ0) is 15.2. The minimum Gasteiger partial charge on any atom is -0.399 e. The summed E-state index contributed by atoms with van der Waals surface area (Å²) in [6, 6.07) is 13.5. The largest absolute Gasteiger partial charge is 0.399 e. The van der Waals surface area contributed by atoms with E-state index in [9.17, 15) is 9.18 Å². The zero-order valence-corrected chi connectivity index (χ0v) is 12.0. The maximum Gasteiger partial charge on any atom is 0.220 e. The van der Waals surface area contributed by atoms with E-state index in [1.165, 1.54) is 12.1 Å². The van der Waals surface area contributed by atoms with Crippen molar-refractivity contribution in [3.8, 4) is 0 Å². The van der Waals surface area contributed by atoms with Crippen molar-refractivity contribution >= 4 is 11.6 Å². The summed E-state index contributed by atoms with van der Waals surface area (Å²) < 4.78 is 12.9. The lowest BCUT2D eigenvalue weighted by atomic mass is 10.1. The molecule has 21 heavy (non-hydrogen) atoms. The summed E-state index contributed by atoms with van der Waals surface area (Å²) in [6.07, 6.45) is 1.08. The molecule has 0 aliphatic heterocycles. The number of amides is 1. The second kappa shape index (κ2) is 6.88. The first kappa shape index (κ1) is 15.0. The van der Waals surface area contributed by atoms with Crippen LogP contribution >= 0.6 is 0 Å². The van der Waals surface area contributed by atoms with Crippen LogP contribution in [-0.2, 0) is 11.2 Å². The van der Waals surface area contributed by atoms with Gasteiger partial charge in [0.05, 0.1) is 6.04 Å². The van der Waals surface area contributed by atoms with Crippen LogP contribution in [-0.4, -0.2) is 5.91 Å². The van der Waals surface area contributed by atoms with E-state index in [-0.39, 0.29) is 17.8 Å². The van der Waals surface area contributed by atoms with Gasteiger partial charge in [0.1, 0.15) is 5.82 Å². The Morgan fingerprint density at radius 3 is 2.38 bits per heavy atom. The van der Waals surface area contributed by atoms with E-state index in [2.05, 4.69) is 5.32 Å². The third-order valence-electron chi connectivity index (χ3n) is 3.37. The summed E-state index contributed by atoms with van der Waals surface area (Å²) >= 11 is 0. The van der Waals surface area contributed by atoms with Crippen molar-refractivity contribution < 1.29 is 9.18 Å². The van der Waals surface area contributed by atoms with Crippen LogP contribution in [0.3, 0.4) is 0 Å². The average molecular weight is 286 g/mol. The van der Waals surface area contributed by atoms with Crippen LogP contribution in [0, 0.1) is 5.82 Å². The van der Waals surface area contributed by atoms with Crippen molar-refractivity contribution in [2.45, 2.75) is 25.8 Å². The molecule has 110 valence electrons. The van der Waals surface area contributed by atoms with Crippen molar-refractivity contribution in [3.63, 3.8) is 0 Å². The zero-order valence-electron chi connectivity index (χ0n) is 12.0. The number of anilines is 1. The molecule has 0 aliphatic rings. The number of benzene rings is 2. The maximum atomic E-state index is 12.9. The molecule has 0 saturated heterocycles. The SMILES string of the molecule is C[C@@H](NC(=O)CCc1ccc(N)cc1)c1ccc(F)cc1. The number of rotatable bonds is 5. The molecule has 0 spiro atoms. The van der Waals surface area contributed by atoms with Crippen LogP contribution in [0.2, 0.25) is 0 Å². The Kier molecular flexibility index (Phi) is 4.93. The Bertz CT molecular complexity index is 593. The summed E-state index contributed by atoms with van der Waals surface area (Å²) in [5.41, 5.74) is 8.30. The number of carbonyl (C=O) groups is 1. The van der Waals surface area contributed by atoms with Crippen LogP contribution in [0.1, 0.15) is 30.5 Å². The van der Waals surface area contributed by atoms with Crippen LogP contribution < -0.4 is 11.1 Å². The molecule has 0 aliphatic carbocycles. The molecule has 0 fully saturated rings. The number of aryl methyl sites for hydroxylation is 1. The number of nitrogen functional groups attached to an aromatic ring is 1. The molecule has 0 radical (unpaired) electrons. The van der Waals surface area contributed by atoms with Gasteiger partial charge < -0.3 is 11.1 Å². The molecular weight excluding hydrogens is 267 g/mol. The van der Waals surface area contributed by atoms with Crippen LogP contribution in [0.5, 0.6) is 0 Å². The standard InChI is InChI=1S/C17H19FN2O/c1-12(14-5-7-15(18)8-6-14)20-17(21)11-4-13-2-9-16(19)10-3-13/h2-3,5-10,12H,4,11,19H2,1H3,(H,20,21)/t12-/m1/s1. The van der Waals surface area contributed by atoms with E-state index >= 15 is 0 Å². The number of halogens is 1. The summed E-state index contributed by atoms with van der Waals surface area (Å²) in [5, 5.41) is 2.91. The number of carbonyl (C=O) groups excluding carboxylic acids is 1. The van der Waals surface area contributed by atoms with Crippen molar-refractivity contribution in [1.82, 2.24) is 5.32 Å². The van der Waals surface area contributed by atoms with Gasteiger partial charge in [-0.25, -0.2) is 4.39 Å². The maximum absolute atomic E-state index is 12.9. The summed E-state index contributed by atoms with van der Waals surface area (Å²) in [7, 11) is 0. The molecule has 0 unspecified atom stereocenters. The fourth-order valence-corrected chi connectivity index (χ4v) is 2.09. The number of hydrogen-bond donors (Lipinski definition) is 2. The highest BCUT2D eigenvalue weighted by atomic mass is 19.1. The molecule has 2 aromatic rings. The molecule has 1 amide bonds. The van der Waals surface area contributed by atoms with Crippen LogP contribution in [0.25, 0.3) is 0 Å². The topological polar surface area (TPSA) is 55.1 Å².